The Morgan fingerprint density at radius 1 is 0.857 bits per heavy atom. The van der Waals surface area contributed by atoms with Crippen LogP contribution in [0.25, 0.3) is 11.1 Å². The lowest BCUT2D eigenvalue weighted by Crippen LogP contribution is -2.24. The summed E-state index contributed by atoms with van der Waals surface area (Å²) in [5, 5.41) is 3.58. The number of rotatable bonds is 3. The molecule has 5 rings (SSSR count). The SMILES string of the molecule is CC1(C)c2cc(Nc3ccc(-c4cccnc4)cc3)ccc2C2C=CC=CC21. The van der Waals surface area contributed by atoms with Crippen molar-refractivity contribution < 1.29 is 0 Å². The number of nitrogens with zero attached hydrogens (tertiary/aromatic N) is 1. The molecule has 0 aliphatic heterocycles. The van der Waals surface area contributed by atoms with Gasteiger partial charge in [-0.1, -0.05) is 62.4 Å². The second-order valence-corrected chi connectivity index (χ2v) is 8.29. The summed E-state index contributed by atoms with van der Waals surface area (Å²) in [6.45, 7) is 4.74. The molecule has 0 radical (unpaired) electrons. The molecule has 1 aromatic heterocycles. The third-order valence-electron chi connectivity index (χ3n) is 6.24. The van der Waals surface area contributed by atoms with Gasteiger partial charge in [-0.25, -0.2) is 0 Å². The summed E-state index contributed by atoms with van der Waals surface area (Å²) >= 11 is 0. The van der Waals surface area contributed by atoms with Gasteiger partial charge in [0.05, 0.1) is 0 Å². The highest BCUT2D eigenvalue weighted by Crippen LogP contribution is 2.53. The zero-order chi connectivity index (χ0) is 19.1. The second-order valence-electron chi connectivity index (χ2n) is 8.29. The van der Waals surface area contributed by atoms with Crippen LogP contribution in [0, 0.1) is 5.92 Å². The molecule has 2 nitrogen and oxygen atoms in total. The first-order chi connectivity index (χ1) is 13.6. The highest BCUT2D eigenvalue weighted by atomic mass is 14.9. The van der Waals surface area contributed by atoms with Gasteiger partial charge >= 0.3 is 0 Å². The van der Waals surface area contributed by atoms with Crippen molar-refractivity contribution in [1.82, 2.24) is 4.98 Å². The van der Waals surface area contributed by atoms with Crippen LogP contribution in [0.15, 0.2) is 91.3 Å². The summed E-state index contributed by atoms with van der Waals surface area (Å²) in [7, 11) is 0. The van der Waals surface area contributed by atoms with E-state index in [0.717, 1.165) is 16.9 Å². The summed E-state index contributed by atoms with van der Waals surface area (Å²) in [4.78, 5) is 4.20. The number of fused-ring (bicyclic) bond motifs is 3. The number of pyridine rings is 1. The van der Waals surface area contributed by atoms with Gasteiger partial charge in [0.2, 0.25) is 0 Å². The maximum Gasteiger partial charge on any atom is 0.0387 e. The number of benzene rings is 2. The summed E-state index contributed by atoms with van der Waals surface area (Å²) in [5.41, 5.74) is 7.62. The molecule has 28 heavy (non-hydrogen) atoms. The Morgan fingerprint density at radius 2 is 1.64 bits per heavy atom. The molecule has 2 atom stereocenters. The van der Waals surface area contributed by atoms with Crippen LogP contribution < -0.4 is 5.32 Å². The van der Waals surface area contributed by atoms with Crippen molar-refractivity contribution in [3.05, 3.63) is 102 Å². The molecule has 0 saturated carbocycles. The summed E-state index contributed by atoms with van der Waals surface area (Å²) in [5.74, 6) is 1.05. The van der Waals surface area contributed by atoms with Gasteiger partial charge in [-0.3, -0.25) is 4.98 Å². The van der Waals surface area contributed by atoms with Crippen LogP contribution in [-0.2, 0) is 5.41 Å². The minimum Gasteiger partial charge on any atom is -0.356 e. The van der Waals surface area contributed by atoms with E-state index in [2.05, 4.69) is 97.0 Å². The van der Waals surface area contributed by atoms with Crippen molar-refractivity contribution >= 4 is 11.4 Å². The third-order valence-corrected chi connectivity index (χ3v) is 6.24. The fourth-order valence-electron chi connectivity index (χ4n) is 4.70. The molecule has 1 heterocycles. The van der Waals surface area contributed by atoms with Crippen LogP contribution in [0.5, 0.6) is 0 Å². The molecule has 2 aliphatic carbocycles. The fourth-order valence-corrected chi connectivity index (χ4v) is 4.70. The zero-order valence-corrected chi connectivity index (χ0v) is 16.3. The average molecular weight is 364 g/mol. The summed E-state index contributed by atoms with van der Waals surface area (Å²) in [6.07, 6.45) is 12.8. The Labute approximate surface area is 166 Å². The molecule has 0 saturated heterocycles. The monoisotopic (exact) mass is 364 g/mol. The highest BCUT2D eigenvalue weighted by Gasteiger charge is 2.44. The highest BCUT2D eigenvalue weighted by molar-refractivity contribution is 5.69. The van der Waals surface area contributed by atoms with Crippen LogP contribution >= 0.6 is 0 Å². The predicted molar refractivity (Wildman–Crippen MR) is 117 cm³/mol. The average Bonchev–Trinajstić information content (AvgIpc) is 2.97. The molecule has 138 valence electrons. The van der Waals surface area contributed by atoms with Crippen LogP contribution in [0.2, 0.25) is 0 Å². The Morgan fingerprint density at radius 3 is 2.43 bits per heavy atom. The van der Waals surface area contributed by atoms with Gasteiger partial charge < -0.3 is 5.32 Å². The largest absolute Gasteiger partial charge is 0.356 e. The van der Waals surface area contributed by atoms with E-state index < -0.39 is 0 Å². The molecule has 2 aromatic carbocycles. The first-order valence-electron chi connectivity index (χ1n) is 9.90. The number of hydrogen-bond acceptors (Lipinski definition) is 2. The van der Waals surface area contributed by atoms with Crippen molar-refractivity contribution in [3.8, 4) is 11.1 Å². The smallest absolute Gasteiger partial charge is 0.0387 e. The Balaban J connectivity index is 1.42. The van der Waals surface area contributed by atoms with E-state index in [1.807, 2.05) is 12.3 Å². The molecule has 0 amide bonds. The van der Waals surface area contributed by atoms with Crippen molar-refractivity contribution in [2.45, 2.75) is 25.2 Å². The van der Waals surface area contributed by atoms with Gasteiger partial charge in [-0.2, -0.15) is 0 Å². The maximum atomic E-state index is 4.20. The van der Waals surface area contributed by atoms with Gasteiger partial charge in [0, 0.05) is 29.7 Å². The van der Waals surface area contributed by atoms with Crippen LogP contribution in [0.1, 0.15) is 30.9 Å². The van der Waals surface area contributed by atoms with Crippen LogP contribution in [0.3, 0.4) is 0 Å². The van der Waals surface area contributed by atoms with E-state index in [9.17, 15) is 0 Å². The van der Waals surface area contributed by atoms with Gasteiger partial charge in [0.1, 0.15) is 0 Å². The van der Waals surface area contributed by atoms with Crippen LogP contribution in [-0.4, -0.2) is 4.98 Å². The van der Waals surface area contributed by atoms with E-state index in [4.69, 9.17) is 0 Å². The van der Waals surface area contributed by atoms with Gasteiger partial charge in [0.15, 0.2) is 0 Å². The van der Waals surface area contributed by atoms with E-state index >= 15 is 0 Å². The second kappa shape index (κ2) is 6.49. The molecule has 2 heteroatoms. The topological polar surface area (TPSA) is 24.9 Å². The van der Waals surface area contributed by atoms with Gasteiger partial charge in [-0.15, -0.1) is 0 Å². The molecule has 2 aliphatic rings. The van der Waals surface area contributed by atoms with Gasteiger partial charge in [0.25, 0.3) is 0 Å². The van der Waals surface area contributed by atoms with Crippen LogP contribution in [0.4, 0.5) is 11.4 Å². The van der Waals surface area contributed by atoms with Crippen molar-refractivity contribution in [3.63, 3.8) is 0 Å². The summed E-state index contributed by atoms with van der Waals surface area (Å²) in [6, 6.07) is 19.4. The van der Waals surface area contributed by atoms with Crippen molar-refractivity contribution in [1.29, 1.82) is 0 Å². The van der Waals surface area contributed by atoms with Gasteiger partial charge in [-0.05, 0) is 63.9 Å². The number of aromatic nitrogens is 1. The zero-order valence-electron chi connectivity index (χ0n) is 16.3. The Bertz CT molecular complexity index is 1060. The minimum absolute atomic E-state index is 0.142. The standard InChI is InChI=1S/C26H24N2/c1-26(2)24-8-4-3-7-22(24)23-14-13-21(16-25(23)26)28-20-11-9-18(10-12-20)19-6-5-15-27-17-19/h3-17,22,24,28H,1-2H3. The third kappa shape index (κ3) is 2.77. The maximum absolute atomic E-state index is 4.20. The van der Waals surface area contributed by atoms with E-state index in [0.29, 0.717) is 11.8 Å². The van der Waals surface area contributed by atoms with Crippen molar-refractivity contribution in [2.75, 3.05) is 5.32 Å². The molecule has 3 aromatic rings. The molecule has 1 N–H and O–H groups in total. The predicted octanol–water partition coefficient (Wildman–Crippen LogP) is 6.61. The fraction of sp³-hybridized carbons (Fsp3) is 0.192. The molecule has 2 unspecified atom stereocenters. The first-order valence-corrected chi connectivity index (χ1v) is 9.90. The molecular weight excluding hydrogens is 340 g/mol. The molecule has 0 bridgehead atoms. The molecule has 0 spiro atoms. The lowest BCUT2D eigenvalue weighted by Gasteiger charge is -2.29. The normalized spacial score (nSPS) is 21.2. The summed E-state index contributed by atoms with van der Waals surface area (Å²) < 4.78 is 0. The molecule has 0 fully saturated rings. The Kier molecular flexibility index (Phi) is 3.94. The Hall–Kier alpha value is -3.13. The number of anilines is 2. The van der Waals surface area contributed by atoms with E-state index in [1.165, 1.54) is 16.7 Å². The lowest BCUT2D eigenvalue weighted by atomic mass is 9.74. The van der Waals surface area contributed by atoms with E-state index in [1.54, 1.807) is 6.20 Å². The van der Waals surface area contributed by atoms with E-state index in [-0.39, 0.29) is 5.41 Å². The molecular formula is C26H24N2. The first kappa shape index (κ1) is 17.0. The lowest BCUT2D eigenvalue weighted by molar-refractivity contribution is 0.394. The quantitative estimate of drug-likeness (QED) is 0.565. The number of allylic oxidation sites excluding steroid dienone is 4. The number of nitrogens with one attached hydrogen (secondary N) is 1. The number of hydrogen-bond donors (Lipinski definition) is 1. The van der Waals surface area contributed by atoms with Crippen molar-refractivity contribution in [2.24, 2.45) is 5.92 Å². The minimum atomic E-state index is 0.142.